The number of rotatable bonds is 2. The van der Waals surface area contributed by atoms with E-state index in [-0.39, 0.29) is 0 Å². The van der Waals surface area contributed by atoms with Gasteiger partial charge in [-0.3, -0.25) is 0 Å². The van der Waals surface area contributed by atoms with Crippen molar-refractivity contribution in [1.29, 1.82) is 0 Å². The molecule has 2 fully saturated rings. The number of nitrogens with zero attached hydrogens (tertiary/aromatic N) is 3. The first-order valence-electron chi connectivity index (χ1n) is 7.90. The predicted octanol–water partition coefficient (Wildman–Crippen LogP) is 2.81. The van der Waals surface area contributed by atoms with Gasteiger partial charge in [0, 0.05) is 13.1 Å². The van der Waals surface area contributed by atoms with Gasteiger partial charge in [-0.15, -0.1) is 5.10 Å². The quantitative estimate of drug-likeness (QED) is 0.907. The number of aromatic carboxylic acids is 1. The Hall–Kier alpha value is -1.65. The number of aromatic nitrogens is 2. The second-order valence-corrected chi connectivity index (χ2v) is 6.45. The molecule has 5 nitrogen and oxygen atoms in total. The highest BCUT2D eigenvalue weighted by atomic mass is 16.4. The summed E-state index contributed by atoms with van der Waals surface area (Å²) in [5.74, 6) is 1.18. The van der Waals surface area contributed by atoms with Crippen LogP contribution in [-0.4, -0.2) is 34.4 Å². The highest BCUT2D eigenvalue weighted by Gasteiger charge is 2.33. The van der Waals surface area contributed by atoms with E-state index in [0.717, 1.165) is 31.0 Å². The van der Waals surface area contributed by atoms with Gasteiger partial charge in [0.1, 0.15) is 5.56 Å². The Morgan fingerprint density at radius 2 is 1.86 bits per heavy atom. The molecule has 1 saturated heterocycles. The molecule has 1 aliphatic heterocycles. The van der Waals surface area contributed by atoms with Gasteiger partial charge in [0.2, 0.25) is 0 Å². The van der Waals surface area contributed by atoms with Gasteiger partial charge >= 0.3 is 5.97 Å². The van der Waals surface area contributed by atoms with Crippen LogP contribution in [0.1, 0.15) is 53.7 Å². The van der Waals surface area contributed by atoms with Crippen LogP contribution in [0.5, 0.6) is 0 Å². The maximum atomic E-state index is 11.6. The van der Waals surface area contributed by atoms with E-state index in [4.69, 9.17) is 0 Å². The molecule has 21 heavy (non-hydrogen) atoms. The Morgan fingerprint density at radius 1 is 1.14 bits per heavy atom. The van der Waals surface area contributed by atoms with E-state index in [1.54, 1.807) is 0 Å². The van der Waals surface area contributed by atoms with Crippen molar-refractivity contribution in [3.63, 3.8) is 0 Å². The van der Waals surface area contributed by atoms with Gasteiger partial charge < -0.3 is 10.0 Å². The van der Waals surface area contributed by atoms with E-state index in [1.165, 1.54) is 25.7 Å². The van der Waals surface area contributed by atoms with Crippen molar-refractivity contribution in [1.82, 2.24) is 10.2 Å². The average molecular weight is 289 g/mol. The summed E-state index contributed by atoms with van der Waals surface area (Å²) in [4.78, 5) is 13.8. The Bertz CT molecular complexity index is 559. The van der Waals surface area contributed by atoms with E-state index < -0.39 is 5.97 Å². The van der Waals surface area contributed by atoms with E-state index in [1.807, 2.05) is 13.8 Å². The molecule has 1 aliphatic carbocycles. The fourth-order valence-corrected chi connectivity index (χ4v) is 3.87. The molecule has 5 heteroatoms. The van der Waals surface area contributed by atoms with Crippen molar-refractivity contribution in [3.8, 4) is 0 Å². The van der Waals surface area contributed by atoms with Crippen molar-refractivity contribution in [2.45, 2.75) is 46.0 Å². The minimum absolute atomic E-state index is 0.330. The summed E-state index contributed by atoms with van der Waals surface area (Å²) in [6.45, 7) is 5.47. The van der Waals surface area contributed by atoms with Crippen molar-refractivity contribution in [3.05, 3.63) is 16.8 Å². The van der Waals surface area contributed by atoms with E-state index in [0.29, 0.717) is 23.0 Å². The largest absolute Gasteiger partial charge is 0.478 e. The van der Waals surface area contributed by atoms with Crippen molar-refractivity contribution >= 4 is 11.8 Å². The van der Waals surface area contributed by atoms with E-state index in [9.17, 15) is 9.90 Å². The lowest BCUT2D eigenvalue weighted by Gasteiger charge is -2.42. The molecule has 1 N–H and O–H groups in total. The lowest BCUT2D eigenvalue weighted by Crippen LogP contribution is -2.43. The number of carboxylic acid groups (broad SMARTS) is 1. The number of aryl methyl sites for hydroxylation is 1. The zero-order chi connectivity index (χ0) is 15.0. The van der Waals surface area contributed by atoms with Crippen LogP contribution in [0.3, 0.4) is 0 Å². The molecule has 1 saturated carbocycles. The molecule has 1 aromatic heterocycles. The summed E-state index contributed by atoms with van der Waals surface area (Å²) < 4.78 is 0. The van der Waals surface area contributed by atoms with Crippen molar-refractivity contribution in [2.75, 3.05) is 18.0 Å². The Labute approximate surface area is 125 Å². The number of fused-ring (bicyclic) bond motifs is 1. The van der Waals surface area contributed by atoms with Crippen LogP contribution >= 0.6 is 0 Å². The topological polar surface area (TPSA) is 66.3 Å². The third-order valence-corrected chi connectivity index (χ3v) is 5.24. The number of carboxylic acids is 1. The van der Waals surface area contributed by atoms with Gasteiger partial charge in [0.05, 0.1) is 5.69 Å². The smallest absolute Gasteiger partial charge is 0.339 e. The van der Waals surface area contributed by atoms with Crippen LogP contribution in [0.25, 0.3) is 0 Å². The van der Waals surface area contributed by atoms with Crippen molar-refractivity contribution in [2.24, 2.45) is 11.8 Å². The monoisotopic (exact) mass is 289 g/mol. The summed E-state index contributed by atoms with van der Waals surface area (Å²) in [7, 11) is 0. The number of carbonyl (C=O) groups is 1. The summed E-state index contributed by atoms with van der Waals surface area (Å²) >= 11 is 0. The maximum Gasteiger partial charge on any atom is 0.339 e. The molecule has 1 aromatic rings. The minimum atomic E-state index is -0.897. The summed E-state index contributed by atoms with van der Waals surface area (Å²) in [5, 5.41) is 17.9. The van der Waals surface area contributed by atoms with Crippen LogP contribution in [0, 0.1) is 25.7 Å². The van der Waals surface area contributed by atoms with Crippen LogP contribution in [0.4, 0.5) is 5.82 Å². The first kappa shape index (κ1) is 14.3. The highest BCUT2D eigenvalue weighted by Crippen LogP contribution is 2.38. The van der Waals surface area contributed by atoms with Gasteiger partial charge in [-0.2, -0.15) is 5.10 Å². The predicted molar refractivity (Wildman–Crippen MR) is 80.7 cm³/mol. The van der Waals surface area contributed by atoms with Gasteiger partial charge in [0.15, 0.2) is 5.82 Å². The molecule has 2 unspecified atom stereocenters. The molecule has 0 amide bonds. The molecule has 0 radical (unpaired) electrons. The molecule has 2 atom stereocenters. The molecule has 0 spiro atoms. The molecular weight excluding hydrogens is 266 g/mol. The Balaban J connectivity index is 1.90. The fraction of sp³-hybridized carbons (Fsp3) is 0.688. The normalized spacial score (nSPS) is 25.5. The molecule has 114 valence electrons. The molecule has 2 aliphatic rings. The third kappa shape index (κ3) is 2.61. The van der Waals surface area contributed by atoms with E-state index in [2.05, 4.69) is 15.1 Å². The minimum Gasteiger partial charge on any atom is -0.478 e. The molecular formula is C16H23N3O2. The summed E-state index contributed by atoms with van der Waals surface area (Å²) in [5.41, 5.74) is 1.76. The Morgan fingerprint density at radius 3 is 2.57 bits per heavy atom. The zero-order valence-electron chi connectivity index (χ0n) is 12.8. The Kier molecular flexibility index (Phi) is 3.83. The second-order valence-electron chi connectivity index (χ2n) is 6.45. The first-order valence-corrected chi connectivity index (χ1v) is 7.90. The van der Waals surface area contributed by atoms with Gasteiger partial charge in [-0.25, -0.2) is 4.79 Å². The first-order chi connectivity index (χ1) is 10.1. The van der Waals surface area contributed by atoms with Gasteiger partial charge in [-0.05, 0) is 44.1 Å². The van der Waals surface area contributed by atoms with Gasteiger partial charge in [-0.1, -0.05) is 19.3 Å². The maximum absolute atomic E-state index is 11.6. The van der Waals surface area contributed by atoms with E-state index >= 15 is 0 Å². The lowest BCUT2D eigenvalue weighted by molar-refractivity contribution is 0.0695. The van der Waals surface area contributed by atoms with Gasteiger partial charge in [0.25, 0.3) is 0 Å². The molecule has 2 heterocycles. The van der Waals surface area contributed by atoms with Crippen LogP contribution in [0.2, 0.25) is 0 Å². The third-order valence-electron chi connectivity index (χ3n) is 5.24. The summed E-state index contributed by atoms with van der Waals surface area (Å²) in [6, 6.07) is 0. The lowest BCUT2D eigenvalue weighted by atomic mass is 9.75. The van der Waals surface area contributed by atoms with Crippen LogP contribution in [0.15, 0.2) is 0 Å². The van der Waals surface area contributed by atoms with Crippen molar-refractivity contribution < 1.29 is 9.90 Å². The number of anilines is 1. The fourth-order valence-electron chi connectivity index (χ4n) is 3.87. The zero-order valence-corrected chi connectivity index (χ0v) is 12.8. The number of piperidine rings is 1. The standard InChI is InChI=1S/C16H23N3O2/c1-10-11(2)17-18-15(14(10)16(20)21)19-8-7-12-5-3-4-6-13(12)9-19/h12-13H,3-9H2,1-2H3,(H,20,21). The average Bonchev–Trinajstić information content (AvgIpc) is 2.49. The molecule has 0 aromatic carbocycles. The van der Waals surface area contributed by atoms with Crippen LogP contribution < -0.4 is 4.90 Å². The summed E-state index contributed by atoms with van der Waals surface area (Å²) in [6.07, 6.45) is 6.41. The van der Waals surface area contributed by atoms with Crippen LogP contribution in [-0.2, 0) is 0 Å². The SMILES string of the molecule is Cc1nnc(N2CCC3CCCCC3C2)c(C(=O)O)c1C. The second kappa shape index (κ2) is 5.62. The number of hydrogen-bond acceptors (Lipinski definition) is 4. The number of hydrogen-bond donors (Lipinski definition) is 1. The molecule has 3 rings (SSSR count). The molecule has 0 bridgehead atoms. The highest BCUT2D eigenvalue weighted by molar-refractivity contribution is 5.95.